The van der Waals surface area contributed by atoms with Gasteiger partial charge in [0, 0.05) is 0 Å². The zero-order valence-electron chi connectivity index (χ0n) is 9.98. The molecule has 96 valence electrons. The van der Waals surface area contributed by atoms with Gasteiger partial charge in [-0.2, -0.15) is 0 Å². The number of fused-ring (bicyclic) bond motifs is 1. The zero-order chi connectivity index (χ0) is 11.0. The van der Waals surface area contributed by atoms with Gasteiger partial charge in [0.2, 0.25) is 0 Å². The van der Waals surface area contributed by atoms with Crippen molar-refractivity contribution in [1.82, 2.24) is 0 Å². The van der Waals surface area contributed by atoms with Gasteiger partial charge in [0.15, 0.2) is 0 Å². The van der Waals surface area contributed by atoms with Crippen LogP contribution >= 0.6 is 0 Å². The Labute approximate surface area is 144 Å². The standard InChI is InChI=1S/C15H11.3ClH.Ti/c1-2-5-12(6-3-1)15-10-9-13-7-4-8-14(13)11-15;;;;/h1-11H;3*1H;/q;;;;+3/p-3. The van der Waals surface area contributed by atoms with Crippen molar-refractivity contribution < 1.29 is 57.7 Å². The molecule has 0 spiro atoms. The molecule has 2 aromatic rings. The van der Waals surface area contributed by atoms with Gasteiger partial charge in [-0.3, -0.25) is 0 Å². The normalized spacial score (nSPS) is 14.7. The van der Waals surface area contributed by atoms with Crippen molar-refractivity contribution in [3.8, 4) is 11.1 Å². The number of halogens is 3. The Morgan fingerprint density at radius 3 is 2.16 bits per heavy atom. The average Bonchev–Trinajstić information content (AvgIpc) is 2.72. The van der Waals surface area contributed by atoms with Gasteiger partial charge in [0.05, 0.1) is 0 Å². The third-order valence-electron chi connectivity index (χ3n) is 3.00. The summed E-state index contributed by atoms with van der Waals surface area (Å²) in [5.74, 6) is 0. The molecule has 1 aliphatic carbocycles. The van der Waals surface area contributed by atoms with Crippen LogP contribution in [0.15, 0.2) is 54.6 Å². The van der Waals surface area contributed by atoms with Crippen LogP contribution in [0.4, 0.5) is 0 Å². The first kappa shape index (κ1) is 18.8. The molecule has 1 atom stereocenters. The minimum absolute atomic E-state index is 0. The van der Waals surface area contributed by atoms with E-state index >= 15 is 0 Å². The first-order chi connectivity index (χ1) is 7.84. The molecule has 0 amide bonds. The van der Waals surface area contributed by atoms with E-state index in [1.165, 1.54) is 22.3 Å². The van der Waals surface area contributed by atoms with Crippen LogP contribution in [0.2, 0.25) is 0 Å². The van der Waals surface area contributed by atoms with E-state index in [0.29, 0.717) is 4.22 Å². The maximum absolute atomic E-state index is 2.28. The maximum atomic E-state index is 2.28. The van der Waals surface area contributed by atoms with Crippen molar-refractivity contribution in [3.05, 3.63) is 65.7 Å². The van der Waals surface area contributed by atoms with E-state index in [-0.39, 0.29) is 37.2 Å². The molecule has 3 rings (SSSR count). The molecular formula is C15H11Cl3Ti. The molecule has 0 heterocycles. The molecule has 0 fully saturated rings. The van der Waals surface area contributed by atoms with Crippen LogP contribution in [0, 0.1) is 0 Å². The van der Waals surface area contributed by atoms with Gasteiger partial charge in [0.25, 0.3) is 0 Å². The van der Waals surface area contributed by atoms with Crippen molar-refractivity contribution >= 4 is 6.08 Å². The first-order valence-corrected chi connectivity index (χ1v) is 6.33. The Hall–Kier alpha value is -0.236. The number of hydrogen-bond acceptors (Lipinski definition) is 0. The molecular weight excluding hydrogens is 334 g/mol. The molecule has 0 saturated carbocycles. The summed E-state index contributed by atoms with van der Waals surface area (Å²) in [5, 5.41) is 0. The average molecular weight is 345 g/mol. The van der Waals surface area contributed by atoms with Crippen LogP contribution in [0.3, 0.4) is 0 Å². The van der Waals surface area contributed by atoms with Gasteiger partial charge in [0.1, 0.15) is 0 Å². The molecule has 0 N–H and O–H groups in total. The predicted octanol–water partition coefficient (Wildman–Crippen LogP) is -5.02. The third kappa shape index (κ3) is 3.87. The summed E-state index contributed by atoms with van der Waals surface area (Å²) >= 11 is 2.24. The summed E-state index contributed by atoms with van der Waals surface area (Å²) in [6.45, 7) is 0. The van der Waals surface area contributed by atoms with Crippen LogP contribution in [-0.4, -0.2) is 0 Å². The van der Waals surface area contributed by atoms with Gasteiger partial charge in [-0.1, -0.05) is 0 Å². The number of rotatable bonds is 1. The van der Waals surface area contributed by atoms with Crippen molar-refractivity contribution in [1.29, 1.82) is 0 Å². The quantitative estimate of drug-likeness (QED) is 0.454. The summed E-state index contributed by atoms with van der Waals surface area (Å²) < 4.78 is 0.569. The Morgan fingerprint density at radius 2 is 1.47 bits per heavy atom. The fourth-order valence-electron chi connectivity index (χ4n) is 2.12. The van der Waals surface area contributed by atoms with Crippen LogP contribution in [0.5, 0.6) is 0 Å². The van der Waals surface area contributed by atoms with Gasteiger partial charge < -0.3 is 37.2 Å². The van der Waals surface area contributed by atoms with Gasteiger partial charge in [-0.25, -0.2) is 0 Å². The molecule has 1 unspecified atom stereocenters. The van der Waals surface area contributed by atoms with Crippen LogP contribution in [0.25, 0.3) is 17.2 Å². The fourth-order valence-corrected chi connectivity index (χ4v) is 2.68. The number of benzene rings is 2. The second kappa shape index (κ2) is 8.14. The van der Waals surface area contributed by atoms with Gasteiger partial charge in [-0.15, -0.1) is 0 Å². The third-order valence-corrected chi connectivity index (χ3v) is 3.78. The predicted molar refractivity (Wildman–Crippen MR) is 63.7 cm³/mol. The number of hydrogen-bond donors (Lipinski definition) is 0. The molecule has 0 radical (unpaired) electrons. The first-order valence-electron chi connectivity index (χ1n) is 5.43. The molecule has 0 aliphatic heterocycles. The molecule has 2 aromatic carbocycles. The molecule has 1 aliphatic rings. The van der Waals surface area contributed by atoms with E-state index in [1.807, 2.05) is 0 Å². The van der Waals surface area contributed by atoms with Crippen molar-refractivity contribution in [2.45, 2.75) is 4.22 Å². The summed E-state index contributed by atoms with van der Waals surface area (Å²) in [4.78, 5) is 0. The summed E-state index contributed by atoms with van der Waals surface area (Å²) in [6.07, 6.45) is 4.49. The Kier molecular flexibility index (Phi) is 8.04. The second-order valence-electron chi connectivity index (χ2n) is 4.05. The minimum atomic E-state index is 0. The van der Waals surface area contributed by atoms with E-state index in [1.54, 1.807) is 0 Å². The summed E-state index contributed by atoms with van der Waals surface area (Å²) in [6, 6.07) is 17.3. The van der Waals surface area contributed by atoms with Crippen molar-refractivity contribution in [2.24, 2.45) is 0 Å². The Balaban J connectivity index is 0.00000108. The van der Waals surface area contributed by atoms with Gasteiger partial charge >= 0.3 is 108 Å². The fraction of sp³-hybridized carbons (Fsp3) is 0.0667. The second-order valence-corrected chi connectivity index (χ2v) is 5.02. The van der Waals surface area contributed by atoms with Crippen molar-refractivity contribution in [3.63, 3.8) is 0 Å². The summed E-state index contributed by atoms with van der Waals surface area (Å²) in [5.41, 5.74) is 5.41. The SMILES string of the molecule is [Cl-].[Cl-].[Cl-].[Ti+3][CH]1C=Cc2cc(-c3ccccc3)ccc21. The molecule has 0 aromatic heterocycles. The number of allylic oxidation sites excluding steroid dienone is 1. The zero-order valence-corrected chi connectivity index (χ0v) is 13.8. The molecule has 0 nitrogen and oxygen atoms in total. The van der Waals surface area contributed by atoms with Crippen LogP contribution < -0.4 is 37.2 Å². The topological polar surface area (TPSA) is 0 Å². The Morgan fingerprint density at radius 1 is 0.789 bits per heavy atom. The molecule has 19 heavy (non-hydrogen) atoms. The molecule has 4 heteroatoms. The molecule has 0 bridgehead atoms. The van der Waals surface area contributed by atoms with Crippen molar-refractivity contribution in [2.75, 3.05) is 0 Å². The van der Waals surface area contributed by atoms with E-state index in [4.69, 9.17) is 0 Å². The van der Waals surface area contributed by atoms with E-state index < -0.39 is 0 Å². The van der Waals surface area contributed by atoms with Gasteiger partial charge in [-0.05, 0) is 0 Å². The van der Waals surface area contributed by atoms with Crippen LogP contribution in [-0.2, 0) is 20.4 Å². The monoisotopic (exact) mass is 344 g/mol. The Bertz CT molecular complexity index is 553. The van der Waals surface area contributed by atoms with E-state index in [0.717, 1.165) is 0 Å². The summed E-state index contributed by atoms with van der Waals surface area (Å²) in [7, 11) is 0. The molecule has 0 saturated heterocycles. The van der Waals surface area contributed by atoms with E-state index in [2.05, 4.69) is 81.1 Å². The van der Waals surface area contributed by atoms with E-state index in [9.17, 15) is 0 Å². The van der Waals surface area contributed by atoms with Crippen LogP contribution in [0.1, 0.15) is 15.3 Å².